The summed E-state index contributed by atoms with van der Waals surface area (Å²) in [5.74, 6) is 0.619. The van der Waals surface area contributed by atoms with E-state index in [4.69, 9.17) is 4.74 Å². The molecular weight excluding hydrogens is 178 g/mol. The Morgan fingerprint density at radius 1 is 1.73 bits per heavy atom. The van der Waals surface area contributed by atoms with Gasteiger partial charge in [0.1, 0.15) is 0 Å². The largest absolute Gasteiger partial charge is 0.478 e. The lowest BCUT2D eigenvalue weighted by molar-refractivity contribution is 0.218. The van der Waals surface area contributed by atoms with Gasteiger partial charge in [-0.15, -0.1) is 0 Å². The van der Waals surface area contributed by atoms with Crippen molar-refractivity contribution in [1.29, 1.82) is 0 Å². The van der Waals surface area contributed by atoms with Crippen molar-refractivity contribution in [1.82, 2.24) is 5.32 Å². The molecule has 0 bridgehead atoms. The Bertz CT molecular complexity index is 134. The standard InChI is InChI=1S/C7H13NOS2/c10-7(11)9-5-6-2-1-3-8-4-6/h6,8H,1-5H2,(H,10,11). The minimum absolute atomic E-state index is 0.357. The van der Waals surface area contributed by atoms with E-state index < -0.39 is 0 Å². The van der Waals surface area contributed by atoms with E-state index in [1.807, 2.05) is 0 Å². The predicted octanol–water partition coefficient (Wildman–Crippen LogP) is 1.22. The molecule has 1 aliphatic heterocycles. The van der Waals surface area contributed by atoms with Crippen molar-refractivity contribution < 1.29 is 4.74 Å². The molecule has 11 heavy (non-hydrogen) atoms. The first kappa shape index (κ1) is 9.29. The Hall–Kier alpha value is 0.200. The smallest absolute Gasteiger partial charge is 0.216 e. The van der Waals surface area contributed by atoms with E-state index in [0.717, 1.165) is 19.7 Å². The highest BCUT2D eigenvalue weighted by molar-refractivity contribution is 8.10. The number of thiocarbonyl (C=S) groups is 1. The van der Waals surface area contributed by atoms with Crippen LogP contribution in [0.2, 0.25) is 0 Å². The van der Waals surface area contributed by atoms with Gasteiger partial charge in [-0.1, -0.05) is 12.6 Å². The molecule has 0 radical (unpaired) electrons. The average molecular weight is 191 g/mol. The van der Waals surface area contributed by atoms with Gasteiger partial charge in [0.25, 0.3) is 0 Å². The number of ether oxygens (including phenoxy) is 1. The number of thiol groups is 1. The number of rotatable bonds is 2. The Morgan fingerprint density at radius 3 is 3.09 bits per heavy atom. The number of piperidine rings is 1. The van der Waals surface area contributed by atoms with Gasteiger partial charge in [0.05, 0.1) is 6.61 Å². The van der Waals surface area contributed by atoms with Gasteiger partial charge in [-0.05, 0) is 31.6 Å². The number of hydrogen-bond donors (Lipinski definition) is 2. The van der Waals surface area contributed by atoms with Crippen molar-refractivity contribution in [2.45, 2.75) is 12.8 Å². The van der Waals surface area contributed by atoms with Crippen molar-refractivity contribution in [3.8, 4) is 0 Å². The van der Waals surface area contributed by atoms with Crippen molar-refractivity contribution in [2.24, 2.45) is 5.92 Å². The molecule has 0 saturated carbocycles. The second-order valence-corrected chi connectivity index (χ2v) is 3.87. The van der Waals surface area contributed by atoms with Crippen LogP contribution in [0.25, 0.3) is 0 Å². The second kappa shape index (κ2) is 4.95. The summed E-state index contributed by atoms with van der Waals surface area (Å²) in [6.45, 7) is 2.91. The lowest BCUT2D eigenvalue weighted by Crippen LogP contribution is -2.32. The van der Waals surface area contributed by atoms with Gasteiger partial charge in [0.2, 0.25) is 4.38 Å². The van der Waals surface area contributed by atoms with Gasteiger partial charge in [-0.25, -0.2) is 0 Å². The molecule has 0 spiro atoms. The highest BCUT2D eigenvalue weighted by Gasteiger charge is 2.12. The Balaban J connectivity index is 2.09. The first-order valence-electron chi connectivity index (χ1n) is 3.85. The molecule has 1 N–H and O–H groups in total. The van der Waals surface area contributed by atoms with E-state index in [0.29, 0.717) is 10.3 Å². The minimum atomic E-state index is 0.357. The van der Waals surface area contributed by atoms with Gasteiger partial charge in [0.15, 0.2) is 0 Å². The van der Waals surface area contributed by atoms with E-state index in [9.17, 15) is 0 Å². The van der Waals surface area contributed by atoms with Gasteiger partial charge in [-0.2, -0.15) is 0 Å². The first-order chi connectivity index (χ1) is 5.29. The highest BCUT2D eigenvalue weighted by atomic mass is 32.1. The molecule has 64 valence electrons. The van der Waals surface area contributed by atoms with Gasteiger partial charge < -0.3 is 10.1 Å². The molecule has 4 heteroatoms. The molecule has 1 atom stereocenters. The van der Waals surface area contributed by atoms with Crippen LogP contribution in [0.3, 0.4) is 0 Å². The van der Waals surface area contributed by atoms with Crippen molar-refractivity contribution in [2.75, 3.05) is 19.7 Å². The highest BCUT2D eigenvalue weighted by Crippen LogP contribution is 2.10. The van der Waals surface area contributed by atoms with Gasteiger partial charge in [0, 0.05) is 12.5 Å². The maximum Gasteiger partial charge on any atom is 0.216 e. The summed E-state index contributed by atoms with van der Waals surface area (Å²) < 4.78 is 5.49. The zero-order valence-corrected chi connectivity index (χ0v) is 8.09. The van der Waals surface area contributed by atoms with Crippen LogP contribution in [0.5, 0.6) is 0 Å². The van der Waals surface area contributed by atoms with Gasteiger partial charge in [-0.3, -0.25) is 0 Å². The van der Waals surface area contributed by atoms with Crippen LogP contribution < -0.4 is 5.32 Å². The molecule has 2 nitrogen and oxygen atoms in total. The fourth-order valence-electron chi connectivity index (χ4n) is 1.26. The normalized spacial score (nSPS) is 24.6. The van der Waals surface area contributed by atoms with Crippen LogP contribution in [0.1, 0.15) is 12.8 Å². The molecule has 1 saturated heterocycles. The summed E-state index contributed by atoms with van der Waals surface area (Å²) in [7, 11) is 0. The number of nitrogens with one attached hydrogen (secondary N) is 1. The summed E-state index contributed by atoms with van der Waals surface area (Å²) in [6.07, 6.45) is 2.48. The lowest BCUT2D eigenvalue weighted by Gasteiger charge is -2.22. The fourth-order valence-corrected chi connectivity index (χ4v) is 1.40. The van der Waals surface area contributed by atoms with E-state index in [2.05, 4.69) is 30.2 Å². The van der Waals surface area contributed by atoms with Crippen LogP contribution in [-0.4, -0.2) is 24.1 Å². The SMILES string of the molecule is S=C(S)OCC1CCCNC1. The molecule has 1 unspecified atom stereocenters. The fraction of sp³-hybridized carbons (Fsp3) is 0.857. The number of hydrogen-bond acceptors (Lipinski definition) is 3. The molecule has 1 aliphatic rings. The van der Waals surface area contributed by atoms with Crippen LogP contribution >= 0.6 is 24.8 Å². The van der Waals surface area contributed by atoms with Crippen LogP contribution in [0.4, 0.5) is 0 Å². The second-order valence-electron chi connectivity index (χ2n) is 2.79. The van der Waals surface area contributed by atoms with E-state index in [1.54, 1.807) is 0 Å². The molecule has 0 amide bonds. The monoisotopic (exact) mass is 191 g/mol. The van der Waals surface area contributed by atoms with Crippen LogP contribution in [0.15, 0.2) is 0 Å². The maximum atomic E-state index is 5.14. The molecule has 0 aromatic carbocycles. The van der Waals surface area contributed by atoms with Gasteiger partial charge >= 0.3 is 0 Å². The van der Waals surface area contributed by atoms with Crippen LogP contribution in [-0.2, 0) is 4.74 Å². The maximum absolute atomic E-state index is 5.14. The molecule has 1 fully saturated rings. The molecule has 1 rings (SSSR count). The van der Waals surface area contributed by atoms with Crippen molar-refractivity contribution in [3.63, 3.8) is 0 Å². The first-order valence-corrected chi connectivity index (χ1v) is 4.71. The van der Waals surface area contributed by atoms with Crippen molar-refractivity contribution in [3.05, 3.63) is 0 Å². The Morgan fingerprint density at radius 2 is 2.55 bits per heavy atom. The zero-order valence-electron chi connectivity index (χ0n) is 6.38. The van der Waals surface area contributed by atoms with Crippen molar-refractivity contribution >= 4 is 29.2 Å². The zero-order chi connectivity index (χ0) is 8.10. The van der Waals surface area contributed by atoms with Crippen LogP contribution in [0, 0.1) is 5.92 Å². The third-order valence-corrected chi connectivity index (χ3v) is 2.09. The molecular formula is C7H13NOS2. The molecule has 1 heterocycles. The lowest BCUT2D eigenvalue weighted by atomic mass is 10.0. The minimum Gasteiger partial charge on any atom is -0.478 e. The molecule has 0 aromatic rings. The predicted molar refractivity (Wildman–Crippen MR) is 53.1 cm³/mol. The quantitative estimate of drug-likeness (QED) is 0.506. The molecule has 0 aliphatic carbocycles. The van der Waals surface area contributed by atoms with E-state index >= 15 is 0 Å². The Kier molecular flexibility index (Phi) is 4.18. The third kappa shape index (κ3) is 3.94. The summed E-state index contributed by atoms with van der Waals surface area (Å²) in [5.41, 5.74) is 0. The summed E-state index contributed by atoms with van der Waals surface area (Å²) >= 11 is 8.57. The third-order valence-electron chi connectivity index (χ3n) is 1.84. The Labute approximate surface area is 78.1 Å². The molecule has 0 aromatic heterocycles. The van der Waals surface area contributed by atoms with E-state index in [1.165, 1.54) is 12.8 Å². The summed E-state index contributed by atoms with van der Waals surface area (Å²) in [5, 5.41) is 3.31. The topological polar surface area (TPSA) is 21.3 Å². The average Bonchev–Trinajstić information content (AvgIpc) is 2.03. The van der Waals surface area contributed by atoms with E-state index in [-0.39, 0.29) is 0 Å². The summed E-state index contributed by atoms with van der Waals surface area (Å²) in [6, 6.07) is 0. The summed E-state index contributed by atoms with van der Waals surface area (Å²) in [4.78, 5) is 0.